The van der Waals surface area contributed by atoms with Crippen molar-refractivity contribution in [2.45, 2.75) is 22.8 Å². The summed E-state index contributed by atoms with van der Waals surface area (Å²) in [6, 6.07) is 18.1. The lowest BCUT2D eigenvalue weighted by Gasteiger charge is -2.14. The summed E-state index contributed by atoms with van der Waals surface area (Å²) in [5.41, 5.74) is -1.28. The van der Waals surface area contributed by atoms with Crippen LogP contribution in [0.15, 0.2) is 144 Å². The van der Waals surface area contributed by atoms with E-state index in [2.05, 4.69) is 9.97 Å². The second-order valence-corrected chi connectivity index (χ2v) is 14.6. The van der Waals surface area contributed by atoms with Crippen molar-refractivity contribution in [1.82, 2.24) is 22.8 Å². The molecule has 2 unspecified atom stereocenters. The molecule has 54 heavy (non-hydrogen) atoms. The molecular formula is C37H31F2N5O8S2. The fourth-order valence-corrected chi connectivity index (χ4v) is 7.61. The molecule has 0 bridgehead atoms. The third-order valence-electron chi connectivity index (χ3n) is 7.24. The van der Waals surface area contributed by atoms with E-state index in [0.717, 1.165) is 49.1 Å². The Kier molecular flexibility index (Phi) is 9.93. The molecular weight excluding hydrogens is 745 g/mol. The average Bonchev–Trinajstić information content (AvgIpc) is 3.85. The zero-order valence-corrected chi connectivity index (χ0v) is 29.1. The first kappa shape index (κ1) is 32.4. The molecule has 0 spiro atoms. The van der Waals surface area contributed by atoms with E-state index in [0.29, 0.717) is 25.0 Å². The second-order valence-electron chi connectivity index (χ2n) is 10.9. The number of carboxylic acids is 2. The van der Waals surface area contributed by atoms with Gasteiger partial charge in [-0.3, -0.25) is 14.9 Å². The standard InChI is InChI=1S/C33H27F2N5O4S2.C4H4O4/c1-38(20-24-16-32(28-10-2-4-12-30(28)34)39(22-24)45(41,42)26-8-6-14-36-18-26)21-25-17-33(29-11-3-5-13-31(29)35)40(23-25)46(43,44)27-9-7-15-37-19-27;5-3(6)1-2-4(7)8/h2-19,22-23H,20-21H2,1H3;1-2H,(H,5,6)(H,7,8)/b;2-1+/i1D3,20D,21D;. The minimum Gasteiger partial charge on any atom is -0.478 e. The highest BCUT2D eigenvalue weighted by Crippen LogP contribution is 2.31. The molecule has 17 heteroatoms. The van der Waals surface area contributed by atoms with Crippen molar-refractivity contribution in [2.24, 2.45) is 0 Å². The van der Waals surface area contributed by atoms with Crippen LogP contribution in [0, 0.1) is 11.6 Å². The van der Waals surface area contributed by atoms with Crippen molar-refractivity contribution in [2.75, 3.05) is 6.98 Å². The van der Waals surface area contributed by atoms with Crippen LogP contribution in [0.25, 0.3) is 22.5 Å². The van der Waals surface area contributed by atoms with Gasteiger partial charge in [0.2, 0.25) is 0 Å². The number of aliphatic carboxylic acids is 2. The maximum atomic E-state index is 15.1. The zero-order chi connectivity index (χ0) is 43.3. The highest BCUT2D eigenvalue weighted by Gasteiger charge is 2.26. The quantitative estimate of drug-likeness (QED) is 0.150. The van der Waals surface area contributed by atoms with E-state index >= 15 is 8.78 Å². The fourth-order valence-electron chi connectivity index (χ4n) is 4.92. The first-order valence-electron chi connectivity index (χ1n) is 17.9. The van der Waals surface area contributed by atoms with Crippen molar-refractivity contribution in [3.63, 3.8) is 0 Å². The summed E-state index contributed by atoms with van der Waals surface area (Å²) in [5.74, 6) is -4.11. The van der Waals surface area contributed by atoms with Crippen molar-refractivity contribution in [3.8, 4) is 22.5 Å². The summed E-state index contributed by atoms with van der Waals surface area (Å²) < 4.78 is 130. The molecule has 6 aromatic rings. The Morgan fingerprint density at radius 3 is 1.46 bits per heavy atom. The summed E-state index contributed by atoms with van der Waals surface area (Å²) in [7, 11) is -8.95. The molecule has 278 valence electrons. The van der Waals surface area contributed by atoms with Crippen molar-refractivity contribution in [3.05, 3.63) is 157 Å². The van der Waals surface area contributed by atoms with Crippen LogP contribution in [0.2, 0.25) is 0 Å². The molecule has 2 N–H and O–H groups in total. The molecule has 4 aromatic heterocycles. The molecule has 0 aliphatic rings. The SMILES string of the molecule is O=C(O)/C=C/C(=O)O.[2H]C(c1cc(-c2ccccc2F)n(S(=O)(=O)c2cccnc2)c1)N(C([2H])c1cc(-c2ccccc2F)n(S(=O)(=O)c2cccnc2)c1)C([2H])([2H])[2H]. The van der Waals surface area contributed by atoms with Gasteiger partial charge in [-0.25, -0.2) is 43.2 Å². The van der Waals surface area contributed by atoms with Crippen LogP contribution < -0.4 is 0 Å². The molecule has 2 aromatic carbocycles. The number of hydrogen-bond donors (Lipinski definition) is 2. The van der Waals surface area contributed by atoms with Crippen molar-refractivity contribution < 1.29 is 52.3 Å². The number of carboxylic acid groups (broad SMARTS) is 2. The summed E-state index contributed by atoms with van der Waals surface area (Å²) in [6.07, 6.45) is 7.91. The van der Waals surface area contributed by atoms with Gasteiger partial charge in [0.25, 0.3) is 20.0 Å². The number of halogens is 2. The topological polar surface area (TPSA) is 182 Å². The van der Waals surface area contributed by atoms with Crippen LogP contribution in [0.4, 0.5) is 8.78 Å². The molecule has 0 amide bonds. The molecule has 6 rings (SSSR count). The van der Waals surface area contributed by atoms with Gasteiger partial charge in [-0.05, 0) is 78.8 Å². The number of nitrogens with zero attached hydrogens (tertiary/aromatic N) is 5. The fraction of sp³-hybridized carbons (Fsp3) is 0.0811. The van der Waals surface area contributed by atoms with Crippen molar-refractivity contribution in [1.29, 1.82) is 0 Å². The number of hydrogen-bond acceptors (Lipinski definition) is 9. The smallest absolute Gasteiger partial charge is 0.328 e. The summed E-state index contributed by atoms with van der Waals surface area (Å²) in [5, 5.41) is 15.6. The predicted molar refractivity (Wildman–Crippen MR) is 193 cm³/mol. The van der Waals surface area contributed by atoms with E-state index in [4.69, 9.17) is 17.1 Å². The average molecular weight is 781 g/mol. The lowest BCUT2D eigenvalue weighted by atomic mass is 10.1. The minimum atomic E-state index is -4.47. The van der Waals surface area contributed by atoms with Crippen LogP contribution in [-0.4, -0.2) is 68.8 Å². The third-order valence-corrected chi connectivity index (χ3v) is 10.6. The second kappa shape index (κ2) is 16.6. The van der Waals surface area contributed by atoms with E-state index in [-0.39, 0.29) is 43.4 Å². The summed E-state index contributed by atoms with van der Waals surface area (Å²) in [4.78, 5) is 26.7. The molecule has 0 radical (unpaired) electrons. The van der Waals surface area contributed by atoms with E-state index in [9.17, 15) is 26.4 Å². The molecule has 2 atom stereocenters. The van der Waals surface area contributed by atoms with Gasteiger partial charge in [-0.2, -0.15) is 0 Å². The molecule has 0 aliphatic carbocycles. The maximum Gasteiger partial charge on any atom is 0.328 e. The van der Waals surface area contributed by atoms with E-state index < -0.39 is 63.6 Å². The number of benzene rings is 2. The Labute approximate surface area is 315 Å². The summed E-state index contributed by atoms with van der Waals surface area (Å²) in [6.45, 7) is -7.19. The van der Waals surface area contributed by atoms with Gasteiger partial charge < -0.3 is 10.2 Å². The largest absolute Gasteiger partial charge is 0.478 e. The first-order valence-corrected chi connectivity index (χ1v) is 18.2. The van der Waals surface area contributed by atoms with Gasteiger partial charge in [-0.15, -0.1) is 0 Å². The van der Waals surface area contributed by atoms with E-state index in [1.165, 1.54) is 73.1 Å². The van der Waals surface area contributed by atoms with Crippen LogP contribution in [0.5, 0.6) is 0 Å². The number of rotatable bonds is 12. The van der Waals surface area contributed by atoms with Gasteiger partial charge in [0.1, 0.15) is 21.4 Å². The van der Waals surface area contributed by atoms with Gasteiger partial charge >= 0.3 is 11.9 Å². The predicted octanol–water partition coefficient (Wildman–Crippen LogP) is 5.51. The van der Waals surface area contributed by atoms with Crippen LogP contribution in [0.1, 0.15) is 18.0 Å². The number of pyridine rings is 2. The monoisotopic (exact) mass is 780 g/mol. The Hall–Kier alpha value is -6.30. The molecule has 0 aliphatic heterocycles. The highest BCUT2D eigenvalue weighted by molar-refractivity contribution is 7.90. The molecule has 0 saturated heterocycles. The van der Waals surface area contributed by atoms with Gasteiger partial charge in [0, 0.05) is 80.4 Å². The lowest BCUT2D eigenvalue weighted by Crippen LogP contribution is -2.17. The van der Waals surface area contributed by atoms with Crippen LogP contribution in [-0.2, 0) is 42.7 Å². The van der Waals surface area contributed by atoms with Gasteiger partial charge in [0.15, 0.2) is 0 Å². The lowest BCUT2D eigenvalue weighted by molar-refractivity contribution is -0.134. The summed E-state index contributed by atoms with van der Waals surface area (Å²) >= 11 is 0. The molecule has 0 saturated carbocycles. The Morgan fingerprint density at radius 2 is 1.13 bits per heavy atom. The van der Waals surface area contributed by atoms with E-state index in [1.807, 2.05) is 0 Å². The van der Waals surface area contributed by atoms with Gasteiger partial charge in [-0.1, -0.05) is 24.3 Å². The Balaban J connectivity index is 0.000000749. The molecule has 4 heterocycles. The molecule has 0 fully saturated rings. The van der Waals surface area contributed by atoms with Crippen molar-refractivity contribution >= 4 is 32.0 Å². The molecule has 13 nitrogen and oxygen atoms in total. The van der Waals surface area contributed by atoms with E-state index in [1.54, 1.807) is 0 Å². The zero-order valence-electron chi connectivity index (χ0n) is 32.5. The number of carbonyl (C=O) groups is 2. The Bertz CT molecular complexity index is 2560. The number of aromatic nitrogens is 4. The maximum absolute atomic E-state index is 15.1. The normalized spacial score (nSPS) is 14.5. The van der Waals surface area contributed by atoms with Gasteiger partial charge in [0.05, 0.1) is 11.4 Å². The minimum absolute atomic E-state index is 0.168. The van der Waals surface area contributed by atoms with Crippen LogP contribution in [0.3, 0.4) is 0 Å². The highest BCUT2D eigenvalue weighted by atomic mass is 32.2. The first-order chi connectivity index (χ1) is 27.7. The third kappa shape index (κ3) is 9.00. The van der Waals surface area contributed by atoms with Crippen LogP contribution >= 0.6 is 0 Å². The Morgan fingerprint density at radius 1 is 0.722 bits per heavy atom.